The van der Waals surface area contributed by atoms with E-state index in [0.717, 1.165) is 62.6 Å². The van der Waals surface area contributed by atoms with Crippen molar-refractivity contribution in [2.45, 2.75) is 75.4 Å². The molecule has 3 unspecified atom stereocenters. The van der Waals surface area contributed by atoms with Gasteiger partial charge in [0, 0.05) is 50.6 Å². The van der Waals surface area contributed by atoms with Gasteiger partial charge in [0.25, 0.3) is 5.92 Å². The lowest BCUT2D eigenvalue weighted by Crippen LogP contribution is -2.68. The molecule has 0 bridgehead atoms. The fraction of sp³-hybridized carbons (Fsp3) is 0.778. The van der Waals surface area contributed by atoms with Crippen molar-refractivity contribution in [2.75, 3.05) is 52.4 Å². The van der Waals surface area contributed by atoms with Gasteiger partial charge < -0.3 is 15.1 Å². The molecule has 4 fully saturated rings. The standard InChI is InChI=1S/C27H41F2N3O2/c1-20-3-6-23(33)17-24(20)25-7-11-30(15-16-31-12-9-26(28,29)19-31)13-10-27(25,34)21(2)32(14-8-25)18-22-4-5-22/h3,6,17,21-22,33-34H,4-5,7-16,18-19H2,1-2H3. The molecule has 0 spiro atoms. The minimum Gasteiger partial charge on any atom is -0.508 e. The zero-order chi connectivity index (χ0) is 24.1. The summed E-state index contributed by atoms with van der Waals surface area (Å²) in [7, 11) is 0. The van der Waals surface area contributed by atoms with Crippen molar-refractivity contribution in [3.63, 3.8) is 0 Å². The first kappa shape index (κ1) is 24.4. The Morgan fingerprint density at radius 3 is 2.35 bits per heavy atom. The maximum absolute atomic E-state index is 13.6. The fourth-order valence-corrected chi connectivity index (χ4v) is 7.04. The van der Waals surface area contributed by atoms with Crippen LogP contribution in [0.15, 0.2) is 18.2 Å². The van der Waals surface area contributed by atoms with E-state index in [2.05, 4.69) is 23.6 Å². The molecule has 3 saturated heterocycles. The fourth-order valence-electron chi connectivity index (χ4n) is 7.04. The van der Waals surface area contributed by atoms with Crippen molar-refractivity contribution < 1.29 is 19.0 Å². The molecular weight excluding hydrogens is 436 g/mol. The quantitative estimate of drug-likeness (QED) is 0.656. The van der Waals surface area contributed by atoms with E-state index in [0.29, 0.717) is 19.5 Å². The molecule has 34 heavy (non-hydrogen) atoms. The van der Waals surface area contributed by atoms with Crippen LogP contribution >= 0.6 is 0 Å². The highest BCUT2D eigenvalue weighted by atomic mass is 19.3. The Hall–Kier alpha value is -1.28. The van der Waals surface area contributed by atoms with Gasteiger partial charge in [0.2, 0.25) is 0 Å². The van der Waals surface area contributed by atoms with Gasteiger partial charge in [0.05, 0.1) is 12.1 Å². The number of rotatable bonds is 6. The first-order valence-electron chi connectivity index (χ1n) is 13.2. The van der Waals surface area contributed by atoms with Crippen LogP contribution in [-0.4, -0.2) is 94.8 Å². The summed E-state index contributed by atoms with van der Waals surface area (Å²) in [5, 5.41) is 23.0. The molecule has 1 aliphatic carbocycles. The number of piperidine rings is 1. The van der Waals surface area contributed by atoms with Crippen molar-refractivity contribution in [2.24, 2.45) is 5.92 Å². The molecule has 4 aliphatic rings. The van der Waals surface area contributed by atoms with E-state index in [9.17, 15) is 19.0 Å². The highest BCUT2D eigenvalue weighted by Crippen LogP contribution is 2.53. The minimum atomic E-state index is -2.56. The third-order valence-corrected chi connectivity index (χ3v) is 9.46. The average molecular weight is 478 g/mol. The summed E-state index contributed by atoms with van der Waals surface area (Å²) in [5.74, 6) is -1.54. The summed E-state index contributed by atoms with van der Waals surface area (Å²) >= 11 is 0. The number of nitrogens with zero attached hydrogens (tertiary/aromatic N) is 3. The first-order valence-corrected chi connectivity index (χ1v) is 13.2. The second-order valence-electron chi connectivity index (χ2n) is 11.6. The van der Waals surface area contributed by atoms with Gasteiger partial charge in [-0.05, 0) is 88.2 Å². The number of aliphatic hydroxyl groups is 1. The number of aryl methyl sites for hydroxylation is 1. The number of alkyl halides is 2. The topological polar surface area (TPSA) is 50.2 Å². The molecule has 1 saturated carbocycles. The van der Waals surface area contributed by atoms with Gasteiger partial charge in [-0.2, -0.15) is 0 Å². The monoisotopic (exact) mass is 477 g/mol. The SMILES string of the molecule is Cc1ccc(O)cc1C12CCN(CCN3CCC(F)(F)C3)CCC1(O)C(C)N(CC1CC1)CC2. The molecule has 0 amide bonds. The molecule has 5 nitrogen and oxygen atoms in total. The van der Waals surface area contributed by atoms with E-state index in [1.165, 1.54) is 12.8 Å². The van der Waals surface area contributed by atoms with Gasteiger partial charge in [-0.1, -0.05) is 6.07 Å². The highest BCUT2D eigenvalue weighted by molar-refractivity contribution is 5.43. The molecule has 0 aromatic heterocycles. The van der Waals surface area contributed by atoms with Crippen molar-refractivity contribution in [3.05, 3.63) is 29.3 Å². The van der Waals surface area contributed by atoms with E-state index < -0.39 is 16.9 Å². The third-order valence-electron chi connectivity index (χ3n) is 9.46. The number of likely N-dealkylation sites (tertiary alicyclic amines) is 3. The van der Waals surface area contributed by atoms with E-state index in [4.69, 9.17) is 0 Å². The highest BCUT2D eigenvalue weighted by Gasteiger charge is 2.59. The summed E-state index contributed by atoms with van der Waals surface area (Å²) in [6.45, 7) is 9.62. The Morgan fingerprint density at radius 2 is 1.65 bits per heavy atom. The van der Waals surface area contributed by atoms with Gasteiger partial charge in [-0.25, -0.2) is 8.78 Å². The van der Waals surface area contributed by atoms with Crippen molar-refractivity contribution in [3.8, 4) is 5.75 Å². The van der Waals surface area contributed by atoms with Crippen LogP contribution in [0.5, 0.6) is 5.75 Å². The molecule has 0 radical (unpaired) electrons. The Bertz CT molecular complexity index is 895. The molecule has 3 heterocycles. The van der Waals surface area contributed by atoms with Crippen molar-refractivity contribution in [1.29, 1.82) is 0 Å². The summed E-state index contributed by atoms with van der Waals surface area (Å²) < 4.78 is 27.3. The molecule has 1 aromatic rings. The molecule has 3 atom stereocenters. The summed E-state index contributed by atoms with van der Waals surface area (Å²) in [5.41, 5.74) is 0.861. The van der Waals surface area contributed by atoms with Crippen LogP contribution in [0.3, 0.4) is 0 Å². The lowest BCUT2D eigenvalue weighted by atomic mass is 9.57. The third kappa shape index (κ3) is 4.49. The van der Waals surface area contributed by atoms with Crippen LogP contribution in [0.1, 0.15) is 56.6 Å². The summed E-state index contributed by atoms with van der Waals surface area (Å²) in [4.78, 5) is 6.74. The van der Waals surface area contributed by atoms with Crippen LogP contribution in [0.2, 0.25) is 0 Å². The van der Waals surface area contributed by atoms with Crippen LogP contribution in [0.4, 0.5) is 8.78 Å². The number of hydrogen-bond donors (Lipinski definition) is 2. The number of phenols is 1. The number of aromatic hydroxyl groups is 1. The van der Waals surface area contributed by atoms with Gasteiger partial charge in [0.15, 0.2) is 0 Å². The Kier molecular flexibility index (Phi) is 6.45. The maximum atomic E-state index is 13.6. The molecule has 7 heteroatoms. The van der Waals surface area contributed by atoms with Gasteiger partial charge >= 0.3 is 0 Å². The van der Waals surface area contributed by atoms with E-state index in [1.807, 2.05) is 17.0 Å². The predicted molar refractivity (Wildman–Crippen MR) is 130 cm³/mol. The van der Waals surface area contributed by atoms with E-state index >= 15 is 0 Å². The Balaban J connectivity index is 1.40. The lowest BCUT2D eigenvalue weighted by Gasteiger charge is -2.58. The van der Waals surface area contributed by atoms with Crippen LogP contribution in [-0.2, 0) is 5.41 Å². The van der Waals surface area contributed by atoms with Gasteiger partial charge in [-0.3, -0.25) is 9.80 Å². The van der Waals surface area contributed by atoms with Gasteiger partial charge in [-0.15, -0.1) is 0 Å². The number of halogens is 2. The zero-order valence-electron chi connectivity index (χ0n) is 20.8. The maximum Gasteiger partial charge on any atom is 0.261 e. The number of hydrogen-bond acceptors (Lipinski definition) is 5. The molecule has 2 N–H and O–H groups in total. The normalized spacial score (nSPS) is 35.3. The van der Waals surface area contributed by atoms with Crippen LogP contribution < -0.4 is 0 Å². The van der Waals surface area contributed by atoms with Crippen molar-refractivity contribution >= 4 is 0 Å². The molecule has 190 valence electrons. The molecule has 1 aromatic carbocycles. The number of fused-ring (bicyclic) bond motifs is 1. The van der Waals surface area contributed by atoms with E-state index in [1.54, 1.807) is 6.07 Å². The molecule has 3 aliphatic heterocycles. The second kappa shape index (κ2) is 8.99. The predicted octanol–water partition coefficient (Wildman–Crippen LogP) is 3.61. The number of benzene rings is 1. The average Bonchev–Trinajstić information content (AvgIpc) is 3.56. The summed E-state index contributed by atoms with van der Waals surface area (Å²) in [6, 6.07) is 5.61. The largest absolute Gasteiger partial charge is 0.508 e. The molecular formula is C27H41F2N3O2. The van der Waals surface area contributed by atoms with Crippen molar-refractivity contribution in [1.82, 2.24) is 14.7 Å². The molecule has 5 rings (SSSR count). The van der Waals surface area contributed by atoms with Gasteiger partial charge in [0.1, 0.15) is 5.75 Å². The Morgan fingerprint density at radius 1 is 0.971 bits per heavy atom. The van der Waals surface area contributed by atoms with Crippen LogP contribution in [0.25, 0.3) is 0 Å². The van der Waals surface area contributed by atoms with E-state index in [-0.39, 0.29) is 24.8 Å². The number of phenolic OH excluding ortho intramolecular Hbond substituents is 1. The Labute approximate surface area is 202 Å². The smallest absolute Gasteiger partial charge is 0.261 e. The lowest BCUT2D eigenvalue weighted by molar-refractivity contribution is -0.136. The second-order valence-corrected chi connectivity index (χ2v) is 11.6. The zero-order valence-corrected chi connectivity index (χ0v) is 20.8. The minimum absolute atomic E-state index is 0.0285. The van der Waals surface area contributed by atoms with Crippen LogP contribution in [0, 0.1) is 12.8 Å². The first-order chi connectivity index (χ1) is 16.1. The summed E-state index contributed by atoms with van der Waals surface area (Å²) in [6.07, 6.45) is 4.88.